The Labute approximate surface area is 228 Å². The molecule has 0 aliphatic carbocycles. The van der Waals surface area contributed by atoms with Crippen LogP contribution in [0.25, 0.3) is 86.0 Å². The Morgan fingerprint density at radius 2 is 1.18 bits per heavy atom. The third-order valence-electron chi connectivity index (χ3n) is 8.00. The van der Waals surface area contributed by atoms with Crippen LogP contribution in [0.1, 0.15) is 0 Å². The first-order chi connectivity index (χ1) is 19.3. The van der Waals surface area contributed by atoms with Crippen molar-refractivity contribution in [2.24, 2.45) is 0 Å². The minimum absolute atomic E-state index is 0.775. The molecule has 0 aliphatic rings. The molecule has 2 heterocycles. The molecular weight excluding hydrogens is 492 g/mol. The van der Waals surface area contributed by atoms with Crippen LogP contribution < -0.4 is 0 Å². The molecule has 0 aliphatic heterocycles. The zero-order valence-electron chi connectivity index (χ0n) is 20.8. The largest absolute Gasteiger partial charge is 0.228 e. The van der Waals surface area contributed by atoms with E-state index in [2.05, 4.69) is 115 Å². The summed E-state index contributed by atoms with van der Waals surface area (Å²) in [6.45, 7) is 0. The number of aromatic nitrogens is 2. The lowest BCUT2D eigenvalue weighted by atomic mass is 9.91. The van der Waals surface area contributed by atoms with Gasteiger partial charge in [0.1, 0.15) is 0 Å². The molecule has 180 valence electrons. The molecule has 0 atom stereocenters. The average molecular weight is 513 g/mol. The van der Waals surface area contributed by atoms with Gasteiger partial charge in [-0.2, -0.15) is 0 Å². The molecule has 3 heteroatoms. The van der Waals surface area contributed by atoms with E-state index in [0.717, 1.165) is 33.5 Å². The number of hydrogen-bond donors (Lipinski definition) is 0. The minimum Gasteiger partial charge on any atom is -0.228 e. The standard InChI is InChI=1S/C36H20N2S/c1-2-9-21(10-3-1)34-26-13-6-7-15-30(26)37-36(38-34)27-18-17-25-29-20-23-12-5-4-11-22(23)19-28(29)24-14-8-16-31-32(24)33(25)35(27)39-31/h1-20H. The summed E-state index contributed by atoms with van der Waals surface area (Å²) in [6, 6.07) is 43.4. The van der Waals surface area contributed by atoms with Crippen molar-refractivity contribution in [1.82, 2.24) is 9.97 Å². The number of thiophene rings is 1. The molecule has 7 aromatic carbocycles. The molecule has 39 heavy (non-hydrogen) atoms. The van der Waals surface area contributed by atoms with Crippen molar-refractivity contribution in [3.8, 4) is 22.6 Å². The first-order valence-corrected chi connectivity index (χ1v) is 14.0. The van der Waals surface area contributed by atoms with Crippen LogP contribution in [0.2, 0.25) is 0 Å². The van der Waals surface area contributed by atoms with Gasteiger partial charge in [-0.25, -0.2) is 9.97 Å². The van der Waals surface area contributed by atoms with Gasteiger partial charge in [-0.15, -0.1) is 11.3 Å². The Kier molecular flexibility index (Phi) is 4.24. The van der Waals surface area contributed by atoms with Crippen LogP contribution >= 0.6 is 11.3 Å². The van der Waals surface area contributed by atoms with Crippen LogP contribution in [0.3, 0.4) is 0 Å². The van der Waals surface area contributed by atoms with E-state index in [9.17, 15) is 0 Å². The van der Waals surface area contributed by atoms with Crippen molar-refractivity contribution in [3.05, 3.63) is 121 Å². The third-order valence-corrected chi connectivity index (χ3v) is 9.19. The van der Waals surface area contributed by atoms with Crippen LogP contribution in [0, 0.1) is 0 Å². The summed E-state index contributed by atoms with van der Waals surface area (Å²) in [5.74, 6) is 0.775. The van der Waals surface area contributed by atoms with E-state index in [1.165, 1.54) is 52.5 Å². The van der Waals surface area contributed by atoms with Gasteiger partial charge >= 0.3 is 0 Å². The molecule has 0 amide bonds. The molecule has 2 aromatic heterocycles. The summed E-state index contributed by atoms with van der Waals surface area (Å²) in [5.41, 5.74) is 4.13. The van der Waals surface area contributed by atoms with Crippen molar-refractivity contribution in [2.45, 2.75) is 0 Å². The number of hydrogen-bond acceptors (Lipinski definition) is 3. The van der Waals surface area contributed by atoms with Crippen LogP contribution in [0.4, 0.5) is 0 Å². The van der Waals surface area contributed by atoms with Crippen molar-refractivity contribution < 1.29 is 0 Å². The quantitative estimate of drug-likeness (QED) is 0.170. The van der Waals surface area contributed by atoms with Gasteiger partial charge < -0.3 is 0 Å². The van der Waals surface area contributed by atoms with E-state index in [4.69, 9.17) is 9.97 Å². The van der Waals surface area contributed by atoms with E-state index < -0.39 is 0 Å². The van der Waals surface area contributed by atoms with Crippen LogP contribution in [0.5, 0.6) is 0 Å². The molecule has 0 fully saturated rings. The molecule has 0 N–H and O–H groups in total. The van der Waals surface area contributed by atoms with Gasteiger partial charge in [-0.3, -0.25) is 0 Å². The third kappa shape index (κ3) is 2.96. The Morgan fingerprint density at radius 3 is 2.00 bits per heavy atom. The predicted molar refractivity (Wildman–Crippen MR) is 167 cm³/mol. The average Bonchev–Trinajstić information content (AvgIpc) is 3.40. The lowest BCUT2D eigenvalue weighted by Crippen LogP contribution is -1.95. The number of nitrogens with zero attached hydrogens (tertiary/aromatic N) is 2. The number of rotatable bonds is 2. The maximum Gasteiger partial charge on any atom is 0.161 e. The summed E-state index contributed by atoms with van der Waals surface area (Å²) in [5, 5.41) is 11.5. The van der Waals surface area contributed by atoms with Gasteiger partial charge in [0.15, 0.2) is 5.82 Å². The first kappa shape index (κ1) is 21.1. The predicted octanol–water partition coefficient (Wildman–Crippen LogP) is 10.2. The lowest BCUT2D eigenvalue weighted by Gasteiger charge is -2.13. The molecule has 0 unspecified atom stereocenters. The summed E-state index contributed by atoms with van der Waals surface area (Å²) in [7, 11) is 0. The lowest BCUT2D eigenvalue weighted by molar-refractivity contribution is 1.24. The molecule has 0 spiro atoms. The zero-order valence-corrected chi connectivity index (χ0v) is 21.7. The highest BCUT2D eigenvalue weighted by molar-refractivity contribution is 7.26. The van der Waals surface area contributed by atoms with E-state index in [-0.39, 0.29) is 0 Å². The van der Waals surface area contributed by atoms with Gasteiger partial charge in [0.25, 0.3) is 0 Å². The minimum atomic E-state index is 0.775. The zero-order chi connectivity index (χ0) is 25.5. The van der Waals surface area contributed by atoms with Gasteiger partial charge in [0.2, 0.25) is 0 Å². The molecule has 9 aromatic rings. The van der Waals surface area contributed by atoms with Gasteiger partial charge in [-0.1, -0.05) is 91.0 Å². The molecule has 0 saturated heterocycles. The summed E-state index contributed by atoms with van der Waals surface area (Å²) in [4.78, 5) is 10.3. The van der Waals surface area contributed by atoms with Gasteiger partial charge in [0.05, 0.1) is 11.2 Å². The van der Waals surface area contributed by atoms with Crippen molar-refractivity contribution in [1.29, 1.82) is 0 Å². The SMILES string of the molecule is c1ccc(-c2nc(-c3ccc4c5cc6ccccc6cc5c5cccc6sc3c4c65)nc3ccccc23)cc1. The summed E-state index contributed by atoms with van der Waals surface area (Å²) < 4.78 is 2.56. The topological polar surface area (TPSA) is 25.8 Å². The Morgan fingerprint density at radius 1 is 0.487 bits per heavy atom. The smallest absolute Gasteiger partial charge is 0.161 e. The fraction of sp³-hybridized carbons (Fsp3) is 0. The van der Waals surface area contributed by atoms with Crippen molar-refractivity contribution >= 4 is 74.7 Å². The maximum absolute atomic E-state index is 5.21. The second kappa shape index (κ2) is 7.83. The highest BCUT2D eigenvalue weighted by Crippen LogP contribution is 2.48. The van der Waals surface area contributed by atoms with Crippen LogP contribution in [-0.4, -0.2) is 9.97 Å². The molecule has 0 bridgehead atoms. The molecule has 0 radical (unpaired) electrons. The second-order valence-corrected chi connectivity index (χ2v) is 11.2. The van der Waals surface area contributed by atoms with Crippen molar-refractivity contribution in [2.75, 3.05) is 0 Å². The highest BCUT2D eigenvalue weighted by atomic mass is 32.1. The van der Waals surface area contributed by atoms with Gasteiger partial charge in [-0.05, 0) is 62.6 Å². The Hall–Kier alpha value is -4.86. The Balaban J connectivity index is 1.41. The first-order valence-electron chi connectivity index (χ1n) is 13.2. The fourth-order valence-corrected chi connectivity index (χ4v) is 7.51. The maximum atomic E-state index is 5.21. The van der Waals surface area contributed by atoms with Crippen LogP contribution in [0.15, 0.2) is 121 Å². The van der Waals surface area contributed by atoms with Gasteiger partial charge in [0, 0.05) is 36.7 Å². The Bertz CT molecular complexity index is 2390. The number of benzene rings is 7. The highest BCUT2D eigenvalue weighted by Gasteiger charge is 2.21. The van der Waals surface area contributed by atoms with E-state index in [1.54, 1.807) is 0 Å². The van der Waals surface area contributed by atoms with E-state index in [1.807, 2.05) is 17.4 Å². The molecule has 2 nitrogen and oxygen atoms in total. The van der Waals surface area contributed by atoms with E-state index in [0.29, 0.717) is 0 Å². The molecular formula is C36H20N2S. The fourth-order valence-electron chi connectivity index (χ4n) is 6.24. The second-order valence-electron chi connectivity index (χ2n) is 10.2. The monoisotopic (exact) mass is 512 g/mol. The molecule has 0 saturated carbocycles. The number of para-hydroxylation sites is 1. The summed E-state index contributed by atoms with van der Waals surface area (Å²) in [6.07, 6.45) is 0. The van der Waals surface area contributed by atoms with Crippen molar-refractivity contribution in [3.63, 3.8) is 0 Å². The summed E-state index contributed by atoms with van der Waals surface area (Å²) >= 11 is 1.85. The van der Waals surface area contributed by atoms with Crippen LogP contribution in [-0.2, 0) is 0 Å². The van der Waals surface area contributed by atoms with E-state index >= 15 is 0 Å². The number of fused-ring (bicyclic) bond motifs is 5. The normalized spacial score (nSPS) is 12.1. The molecule has 9 rings (SSSR count).